The van der Waals surface area contributed by atoms with Gasteiger partial charge in [-0.1, -0.05) is 42.6 Å². The second-order valence-corrected chi connectivity index (χ2v) is 10.5. The van der Waals surface area contributed by atoms with Gasteiger partial charge in [0, 0.05) is 17.7 Å². The highest BCUT2D eigenvalue weighted by molar-refractivity contribution is 6.30. The lowest BCUT2D eigenvalue weighted by atomic mass is 9.97. The number of amides is 2. The van der Waals surface area contributed by atoms with Gasteiger partial charge in [0.05, 0.1) is 41.9 Å². The summed E-state index contributed by atoms with van der Waals surface area (Å²) in [4.78, 5) is 34.0. The third kappa shape index (κ3) is 6.44. The van der Waals surface area contributed by atoms with Crippen molar-refractivity contribution in [3.05, 3.63) is 83.6 Å². The molecule has 2 bridgehead atoms. The number of halogens is 2. The van der Waals surface area contributed by atoms with E-state index >= 15 is 0 Å². The number of hydrogen-bond acceptors (Lipinski definition) is 7. The Morgan fingerprint density at radius 2 is 2.10 bits per heavy atom. The molecule has 4 N–H and O–H groups in total. The summed E-state index contributed by atoms with van der Waals surface area (Å²) < 4.78 is 20.8. The maximum absolute atomic E-state index is 14.5. The molecule has 2 atom stereocenters. The molecule has 0 fully saturated rings. The van der Waals surface area contributed by atoms with Gasteiger partial charge < -0.3 is 25.7 Å². The number of nitrogens with zero attached hydrogens (tertiary/aromatic N) is 4. The van der Waals surface area contributed by atoms with Gasteiger partial charge >= 0.3 is 0 Å². The fourth-order valence-electron chi connectivity index (χ4n) is 4.78. The molecule has 0 radical (unpaired) electrons. The number of rotatable bonds is 6. The summed E-state index contributed by atoms with van der Waals surface area (Å²) >= 11 is 5.89. The molecule has 42 heavy (non-hydrogen) atoms. The Hall–Kier alpha value is -4.71. The molecule has 13 heteroatoms. The molecule has 0 spiro atoms. The molecule has 2 amide bonds. The fraction of sp³-hybridized carbons (Fsp3) is 0.276. The Morgan fingerprint density at radius 3 is 2.90 bits per heavy atom. The fourth-order valence-corrected chi connectivity index (χ4v) is 4.95. The molecule has 5 rings (SSSR count). The SMILES string of the molecule is C=C(Nc1ccc2c(c1)NC(=O)C[C@H](C)CCC[C@H](NC(=O)c1cn(-c3cccc(Cl)c3F)nn1)c1ncc-2[nH]1)OC. The topological polar surface area (TPSA) is 139 Å². The van der Waals surface area contributed by atoms with Gasteiger partial charge in [0.1, 0.15) is 11.5 Å². The summed E-state index contributed by atoms with van der Waals surface area (Å²) in [5, 5.41) is 16.8. The number of fused-ring (bicyclic) bond motifs is 4. The van der Waals surface area contributed by atoms with Crippen molar-refractivity contribution in [3.63, 3.8) is 0 Å². The van der Waals surface area contributed by atoms with Crippen LogP contribution in [0.3, 0.4) is 0 Å². The number of hydrogen-bond donors (Lipinski definition) is 4. The van der Waals surface area contributed by atoms with Crippen LogP contribution in [0, 0.1) is 11.7 Å². The zero-order chi connectivity index (χ0) is 29.8. The van der Waals surface area contributed by atoms with Crippen molar-refractivity contribution in [2.24, 2.45) is 5.92 Å². The summed E-state index contributed by atoms with van der Waals surface area (Å²) in [6.45, 7) is 5.81. The Morgan fingerprint density at radius 1 is 1.26 bits per heavy atom. The van der Waals surface area contributed by atoms with E-state index in [1.165, 1.54) is 30.1 Å². The first kappa shape index (κ1) is 28.8. The quantitative estimate of drug-likeness (QED) is 0.214. The molecular weight excluding hydrogens is 563 g/mol. The summed E-state index contributed by atoms with van der Waals surface area (Å²) in [6.07, 6.45) is 5.41. The molecule has 0 unspecified atom stereocenters. The van der Waals surface area contributed by atoms with E-state index in [9.17, 15) is 14.0 Å². The van der Waals surface area contributed by atoms with Gasteiger partial charge in [0.2, 0.25) is 5.91 Å². The number of methoxy groups -OCH3 is 1. The summed E-state index contributed by atoms with van der Waals surface area (Å²) in [6, 6.07) is 9.50. The first-order valence-corrected chi connectivity index (χ1v) is 13.8. The van der Waals surface area contributed by atoms with Crippen molar-refractivity contribution in [1.82, 2.24) is 30.3 Å². The van der Waals surface area contributed by atoms with Crippen LogP contribution in [0.15, 0.2) is 61.3 Å². The molecule has 4 aromatic rings. The van der Waals surface area contributed by atoms with E-state index in [1.54, 1.807) is 18.3 Å². The number of benzene rings is 2. The van der Waals surface area contributed by atoms with Crippen LogP contribution >= 0.6 is 11.6 Å². The van der Waals surface area contributed by atoms with E-state index < -0.39 is 17.8 Å². The van der Waals surface area contributed by atoms with E-state index in [2.05, 4.69) is 42.8 Å². The molecule has 2 aromatic heterocycles. The number of ether oxygens (including phenoxy) is 1. The van der Waals surface area contributed by atoms with Crippen LogP contribution < -0.4 is 16.0 Å². The van der Waals surface area contributed by atoms with Crippen molar-refractivity contribution in [2.75, 3.05) is 17.7 Å². The Balaban J connectivity index is 1.42. The Kier molecular flexibility index (Phi) is 8.53. The second-order valence-electron chi connectivity index (χ2n) is 10.1. The first-order valence-electron chi connectivity index (χ1n) is 13.4. The monoisotopic (exact) mass is 592 g/mol. The van der Waals surface area contributed by atoms with Gasteiger partial charge in [0.25, 0.3) is 5.91 Å². The van der Waals surface area contributed by atoms with Crippen molar-refractivity contribution in [1.29, 1.82) is 0 Å². The molecule has 3 heterocycles. The van der Waals surface area contributed by atoms with Crippen LogP contribution in [-0.4, -0.2) is 43.9 Å². The van der Waals surface area contributed by atoms with Crippen molar-refractivity contribution in [3.8, 4) is 16.9 Å². The minimum Gasteiger partial charge on any atom is -0.483 e. The number of anilines is 2. The average Bonchev–Trinajstić information content (AvgIpc) is 3.64. The number of H-pyrrole nitrogens is 1. The van der Waals surface area contributed by atoms with E-state index in [0.29, 0.717) is 41.6 Å². The lowest BCUT2D eigenvalue weighted by Crippen LogP contribution is -2.29. The molecule has 1 aliphatic heterocycles. The van der Waals surface area contributed by atoms with Gasteiger partial charge in [-0.25, -0.2) is 14.1 Å². The second kappa shape index (κ2) is 12.4. The standard InChI is InChI=1S/C29H30ClFN8O3/c1-16-6-4-8-21(36-29(41)24-15-39(38-37-24)25-9-5-7-20(30)27(25)31)28-32-14-23(35-28)19-11-10-18(33-17(2)42-3)13-22(19)34-26(40)12-16/h5,7,9-11,13-16,21,33H,2,4,6,8,12H2,1,3H3,(H,32,35)(H,34,40)(H,36,41)/t16-,21+/m1/s1. The number of imidazole rings is 1. The number of carbonyl (C=O) groups is 2. The van der Waals surface area contributed by atoms with Crippen LogP contribution in [0.25, 0.3) is 16.9 Å². The van der Waals surface area contributed by atoms with Gasteiger partial charge in [-0.15, -0.1) is 5.10 Å². The molecule has 0 saturated heterocycles. The van der Waals surface area contributed by atoms with Gasteiger partial charge in [-0.3, -0.25) is 9.59 Å². The van der Waals surface area contributed by atoms with E-state index in [-0.39, 0.29) is 28.2 Å². The van der Waals surface area contributed by atoms with Gasteiger partial charge in [-0.05, 0) is 49.2 Å². The van der Waals surface area contributed by atoms with Crippen LogP contribution in [-0.2, 0) is 9.53 Å². The molecule has 218 valence electrons. The van der Waals surface area contributed by atoms with Crippen LogP contribution in [0.4, 0.5) is 15.8 Å². The molecule has 11 nitrogen and oxygen atoms in total. The summed E-state index contributed by atoms with van der Waals surface area (Å²) in [5.41, 5.74) is 2.74. The van der Waals surface area contributed by atoms with E-state index in [0.717, 1.165) is 18.4 Å². The van der Waals surface area contributed by atoms with E-state index in [4.69, 9.17) is 16.3 Å². The van der Waals surface area contributed by atoms with Gasteiger partial charge in [0.15, 0.2) is 17.4 Å². The molecule has 2 aromatic carbocycles. The zero-order valence-electron chi connectivity index (χ0n) is 23.1. The third-order valence-electron chi connectivity index (χ3n) is 6.97. The lowest BCUT2D eigenvalue weighted by Gasteiger charge is -2.17. The lowest BCUT2D eigenvalue weighted by molar-refractivity contribution is -0.117. The molecule has 0 aliphatic carbocycles. The number of nitrogens with one attached hydrogen (secondary N) is 4. The Labute approximate surface area is 246 Å². The van der Waals surface area contributed by atoms with Crippen molar-refractivity contribution >= 4 is 34.8 Å². The van der Waals surface area contributed by atoms with Crippen molar-refractivity contribution < 1.29 is 18.7 Å². The number of aromatic nitrogens is 5. The molecule has 1 aliphatic rings. The predicted molar refractivity (Wildman–Crippen MR) is 157 cm³/mol. The van der Waals surface area contributed by atoms with Gasteiger partial charge in [-0.2, -0.15) is 0 Å². The molecule has 0 saturated carbocycles. The highest BCUT2D eigenvalue weighted by Crippen LogP contribution is 2.33. The minimum atomic E-state index is -0.664. The van der Waals surface area contributed by atoms with Crippen LogP contribution in [0.5, 0.6) is 0 Å². The summed E-state index contributed by atoms with van der Waals surface area (Å²) in [7, 11) is 1.51. The maximum Gasteiger partial charge on any atom is 0.274 e. The highest BCUT2D eigenvalue weighted by atomic mass is 35.5. The van der Waals surface area contributed by atoms with Crippen molar-refractivity contribution in [2.45, 2.75) is 38.6 Å². The largest absolute Gasteiger partial charge is 0.483 e. The predicted octanol–water partition coefficient (Wildman–Crippen LogP) is 5.60. The molecular formula is C29H30ClFN8O3. The minimum absolute atomic E-state index is 0.00950. The zero-order valence-corrected chi connectivity index (χ0v) is 23.8. The average molecular weight is 593 g/mol. The smallest absolute Gasteiger partial charge is 0.274 e. The van der Waals surface area contributed by atoms with Crippen LogP contribution in [0.1, 0.15) is 55.0 Å². The van der Waals surface area contributed by atoms with E-state index in [1.807, 2.05) is 19.1 Å². The Bertz CT molecular complexity index is 1630. The first-order chi connectivity index (χ1) is 20.2. The normalized spacial score (nSPS) is 17.1. The highest BCUT2D eigenvalue weighted by Gasteiger charge is 2.24. The van der Waals surface area contributed by atoms with Crippen LogP contribution in [0.2, 0.25) is 5.02 Å². The third-order valence-corrected chi connectivity index (χ3v) is 7.26. The maximum atomic E-state index is 14.5. The number of aromatic amines is 1. The number of carbonyl (C=O) groups excluding carboxylic acids is 2. The summed E-state index contributed by atoms with van der Waals surface area (Å²) in [5.74, 6) is -0.238.